The first-order chi connectivity index (χ1) is 17.6. The minimum atomic E-state index is -0.666. The first-order valence-corrected chi connectivity index (χ1v) is 13.1. The molecular weight excluding hydrogens is 466 g/mol. The van der Waals surface area contributed by atoms with E-state index in [1.807, 2.05) is 63.4 Å². The first-order valence-electron chi connectivity index (χ1n) is 13.1. The van der Waals surface area contributed by atoms with Crippen molar-refractivity contribution in [2.24, 2.45) is 0 Å². The van der Waals surface area contributed by atoms with E-state index in [-0.39, 0.29) is 18.4 Å². The number of ether oxygens (including phenoxy) is 1. The quantitative estimate of drug-likeness (QED) is 0.409. The highest BCUT2D eigenvalue weighted by molar-refractivity contribution is 6.04. The number of anilines is 2. The van der Waals surface area contributed by atoms with Crippen LogP contribution in [0.2, 0.25) is 0 Å². The molecule has 2 aliphatic rings. The molecule has 5 rings (SSSR count). The van der Waals surface area contributed by atoms with Gasteiger partial charge in [-0.05, 0) is 70.1 Å². The third kappa shape index (κ3) is 5.53. The fourth-order valence-corrected chi connectivity index (χ4v) is 4.36. The van der Waals surface area contributed by atoms with Crippen molar-refractivity contribution in [3.05, 3.63) is 65.0 Å². The number of nitrogens with zero attached hydrogens (tertiary/aromatic N) is 4. The molecule has 0 saturated heterocycles. The lowest BCUT2D eigenvalue weighted by atomic mass is 9.98. The lowest BCUT2D eigenvalue weighted by Crippen LogP contribution is -2.37. The number of hydrogen-bond acceptors (Lipinski definition) is 5. The van der Waals surface area contributed by atoms with E-state index in [1.54, 1.807) is 9.42 Å². The van der Waals surface area contributed by atoms with Crippen LogP contribution in [0.3, 0.4) is 0 Å². The number of benzene rings is 1. The third-order valence-electron chi connectivity index (χ3n) is 6.63. The van der Waals surface area contributed by atoms with Gasteiger partial charge in [0.25, 0.3) is 5.91 Å². The topological polar surface area (TPSA) is 88.8 Å². The average molecular weight is 502 g/mol. The van der Waals surface area contributed by atoms with Crippen LogP contribution in [-0.4, -0.2) is 32.2 Å². The van der Waals surface area contributed by atoms with Gasteiger partial charge in [-0.2, -0.15) is 9.61 Å². The number of nitrogens with one attached hydrogen (secondary N) is 1. The summed E-state index contributed by atoms with van der Waals surface area (Å²) in [6.07, 6.45) is 7.27. The zero-order valence-corrected chi connectivity index (χ0v) is 22.2. The van der Waals surface area contributed by atoms with Crippen molar-refractivity contribution in [1.29, 1.82) is 0 Å². The molecule has 1 aromatic carbocycles. The summed E-state index contributed by atoms with van der Waals surface area (Å²) in [4.78, 5) is 32.6. The van der Waals surface area contributed by atoms with Gasteiger partial charge in [0.15, 0.2) is 5.65 Å². The molecule has 2 aromatic heterocycles. The largest absolute Gasteiger partial charge is 0.443 e. The summed E-state index contributed by atoms with van der Waals surface area (Å²) in [5, 5.41) is 7.61. The van der Waals surface area contributed by atoms with E-state index < -0.39 is 11.7 Å². The van der Waals surface area contributed by atoms with Gasteiger partial charge in [0.2, 0.25) is 0 Å². The van der Waals surface area contributed by atoms with Crippen molar-refractivity contribution in [3.8, 4) is 0 Å². The van der Waals surface area contributed by atoms with E-state index in [1.165, 1.54) is 0 Å². The maximum atomic E-state index is 13.6. The Morgan fingerprint density at radius 1 is 1.22 bits per heavy atom. The van der Waals surface area contributed by atoms with Crippen LogP contribution in [0.25, 0.3) is 5.65 Å². The predicted octanol–water partition coefficient (Wildman–Crippen LogP) is 6.33. The molecule has 0 aliphatic heterocycles. The molecule has 194 valence electrons. The molecule has 1 saturated carbocycles. The van der Waals surface area contributed by atoms with Gasteiger partial charge in [0.1, 0.15) is 11.4 Å². The molecule has 2 aliphatic carbocycles. The first kappa shape index (κ1) is 25.0. The Bertz CT molecular complexity index is 1380. The summed E-state index contributed by atoms with van der Waals surface area (Å²) in [6.45, 7) is 10.1. The number of carbonyl (C=O) groups is 2. The number of allylic oxidation sites excluding steroid dienone is 1. The standard InChI is InChI=1S/C29H35N5O3/c1-18(2)23-16-30-34-25(15-24(20-12-13-20)32-26(23)34)33(28(36)37-29(3,4)5)17-19-8-6-11-22(14-19)31-27(35)21-9-7-10-21/h6,8-9,11,14-16,18,20H,7,10,12-13,17H2,1-5H3,(H,31,35). The van der Waals surface area contributed by atoms with E-state index in [0.717, 1.165) is 53.7 Å². The summed E-state index contributed by atoms with van der Waals surface area (Å²) < 4.78 is 7.59. The average Bonchev–Trinajstić information content (AvgIpc) is 3.53. The lowest BCUT2D eigenvalue weighted by molar-refractivity contribution is -0.113. The Morgan fingerprint density at radius 2 is 1.97 bits per heavy atom. The summed E-state index contributed by atoms with van der Waals surface area (Å²) in [7, 11) is 0. The van der Waals surface area contributed by atoms with Crippen molar-refractivity contribution in [1.82, 2.24) is 14.6 Å². The number of fused-ring (bicyclic) bond motifs is 1. The molecule has 8 heteroatoms. The van der Waals surface area contributed by atoms with Crippen LogP contribution in [0.15, 0.2) is 48.2 Å². The number of rotatable bonds is 7. The number of amides is 2. The molecule has 1 N–H and O–H groups in total. The van der Waals surface area contributed by atoms with Crippen LogP contribution in [0, 0.1) is 0 Å². The number of aromatic nitrogens is 3. The Morgan fingerprint density at radius 3 is 2.59 bits per heavy atom. The smallest absolute Gasteiger partial charge is 0.416 e. The molecule has 0 unspecified atom stereocenters. The van der Waals surface area contributed by atoms with E-state index in [2.05, 4.69) is 24.3 Å². The van der Waals surface area contributed by atoms with Gasteiger partial charge in [-0.25, -0.2) is 9.78 Å². The molecule has 2 amide bonds. The van der Waals surface area contributed by atoms with Crippen LogP contribution < -0.4 is 10.2 Å². The Kier molecular flexibility index (Phi) is 6.52. The SMILES string of the molecule is CC(C)c1cnn2c(N(Cc3cccc(NC(=O)C4=CCC4)c3)C(=O)OC(C)(C)C)cc(C3CC3)nc12. The summed E-state index contributed by atoms with van der Waals surface area (Å²) in [6, 6.07) is 9.56. The van der Waals surface area contributed by atoms with Gasteiger partial charge in [-0.3, -0.25) is 9.69 Å². The molecular formula is C29H35N5O3. The fraction of sp³-hybridized carbons (Fsp3) is 0.448. The fourth-order valence-electron chi connectivity index (χ4n) is 4.36. The molecule has 0 radical (unpaired) electrons. The summed E-state index contributed by atoms with van der Waals surface area (Å²) >= 11 is 0. The summed E-state index contributed by atoms with van der Waals surface area (Å²) in [5.41, 5.74) is 4.50. The Balaban J connectivity index is 1.54. The second-order valence-corrected chi connectivity index (χ2v) is 11.3. The lowest BCUT2D eigenvalue weighted by Gasteiger charge is -2.28. The van der Waals surface area contributed by atoms with E-state index in [0.29, 0.717) is 17.4 Å². The van der Waals surface area contributed by atoms with Crippen molar-refractivity contribution >= 4 is 29.2 Å². The van der Waals surface area contributed by atoms with Gasteiger partial charge < -0.3 is 10.1 Å². The maximum absolute atomic E-state index is 13.6. The van der Waals surface area contributed by atoms with Gasteiger partial charge in [-0.15, -0.1) is 0 Å². The van der Waals surface area contributed by atoms with Crippen LogP contribution in [0.1, 0.15) is 89.0 Å². The number of carbonyl (C=O) groups excluding carboxylic acids is 2. The third-order valence-corrected chi connectivity index (χ3v) is 6.63. The highest BCUT2D eigenvalue weighted by Gasteiger charge is 2.31. The maximum Gasteiger partial charge on any atom is 0.416 e. The second-order valence-electron chi connectivity index (χ2n) is 11.3. The Labute approximate surface area is 217 Å². The zero-order chi connectivity index (χ0) is 26.3. The normalized spacial score (nSPS) is 15.4. The molecule has 37 heavy (non-hydrogen) atoms. The van der Waals surface area contributed by atoms with Crippen molar-refractivity contribution < 1.29 is 14.3 Å². The van der Waals surface area contributed by atoms with E-state index in [9.17, 15) is 9.59 Å². The van der Waals surface area contributed by atoms with E-state index >= 15 is 0 Å². The van der Waals surface area contributed by atoms with Gasteiger partial charge in [0.05, 0.1) is 12.7 Å². The summed E-state index contributed by atoms with van der Waals surface area (Å²) in [5.74, 6) is 1.20. The van der Waals surface area contributed by atoms with Crippen molar-refractivity contribution in [2.75, 3.05) is 10.2 Å². The van der Waals surface area contributed by atoms with Crippen LogP contribution >= 0.6 is 0 Å². The minimum Gasteiger partial charge on any atom is -0.443 e. The minimum absolute atomic E-state index is 0.0740. The highest BCUT2D eigenvalue weighted by Crippen LogP contribution is 2.41. The molecule has 8 nitrogen and oxygen atoms in total. The molecule has 2 heterocycles. The molecule has 0 spiro atoms. The van der Waals surface area contributed by atoms with Crippen LogP contribution in [-0.2, 0) is 16.1 Å². The van der Waals surface area contributed by atoms with Gasteiger partial charge >= 0.3 is 6.09 Å². The molecule has 0 bridgehead atoms. The molecule has 1 fully saturated rings. The van der Waals surface area contributed by atoms with E-state index in [4.69, 9.17) is 9.72 Å². The monoisotopic (exact) mass is 501 g/mol. The van der Waals surface area contributed by atoms with Gasteiger partial charge in [0, 0.05) is 34.5 Å². The van der Waals surface area contributed by atoms with Crippen LogP contribution in [0.4, 0.5) is 16.3 Å². The van der Waals surface area contributed by atoms with Crippen molar-refractivity contribution in [3.63, 3.8) is 0 Å². The zero-order valence-electron chi connectivity index (χ0n) is 22.2. The molecule has 0 atom stereocenters. The van der Waals surface area contributed by atoms with Crippen molar-refractivity contribution in [2.45, 2.75) is 84.3 Å². The highest BCUT2D eigenvalue weighted by atomic mass is 16.6. The van der Waals surface area contributed by atoms with Gasteiger partial charge in [-0.1, -0.05) is 32.1 Å². The Hall–Kier alpha value is -3.68. The molecule has 3 aromatic rings. The number of hydrogen-bond donors (Lipinski definition) is 1. The predicted molar refractivity (Wildman–Crippen MR) is 144 cm³/mol. The second kappa shape index (κ2) is 9.65. The van der Waals surface area contributed by atoms with Crippen LogP contribution in [0.5, 0.6) is 0 Å².